The van der Waals surface area contributed by atoms with Gasteiger partial charge in [-0.15, -0.1) is 0 Å². The molecule has 2 aromatic carbocycles. The van der Waals surface area contributed by atoms with Gasteiger partial charge in [-0.1, -0.05) is 58.4 Å². The smallest absolute Gasteiger partial charge is 0.322 e. The molecule has 0 saturated carbocycles. The molecule has 0 aromatic heterocycles. The Kier molecular flexibility index (Phi) is 4.25. The number of nitrogens with one attached hydrogen (secondary N) is 1. The molecule has 3 rings (SSSR count). The van der Waals surface area contributed by atoms with Crippen LogP contribution >= 0.6 is 15.9 Å². The lowest BCUT2D eigenvalue weighted by atomic mass is 10.1. The predicted octanol–water partition coefficient (Wildman–Crippen LogP) is 2.92. The Morgan fingerprint density at radius 2 is 1.70 bits per heavy atom. The van der Waals surface area contributed by atoms with Crippen molar-refractivity contribution >= 4 is 33.7 Å². The second kappa shape index (κ2) is 6.34. The third-order valence-electron chi connectivity index (χ3n) is 3.63. The molecule has 1 aliphatic heterocycles. The van der Waals surface area contributed by atoms with E-state index < -0.39 is 18.0 Å². The van der Waals surface area contributed by atoms with Crippen molar-refractivity contribution in [2.75, 3.05) is 6.54 Å². The summed E-state index contributed by atoms with van der Waals surface area (Å²) in [7, 11) is 0. The van der Waals surface area contributed by atoms with Crippen LogP contribution in [0.5, 0.6) is 0 Å². The lowest BCUT2D eigenvalue weighted by Gasteiger charge is -2.12. The first-order chi connectivity index (χ1) is 11.1. The van der Waals surface area contributed by atoms with Crippen LogP contribution in [0.4, 0.5) is 4.79 Å². The lowest BCUT2D eigenvalue weighted by Crippen LogP contribution is -2.35. The molecule has 2 aromatic rings. The van der Waals surface area contributed by atoms with Gasteiger partial charge in [-0.05, 0) is 17.7 Å². The largest absolute Gasteiger partial charge is 0.325 e. The van der Waals surface area contributed by atoms with Crippen LogP contribution < -0.4 is 5.32 Å². The van der Waals surface area contributed by atoms with E-state index in [1.54, 1.807) is 48.5 Å². The summed E-state index contributed by atoms with van der Waals surface area (Å²) in [5.41, 5.74) is 1.15. The number of ketones is 1. The van der Waals surface area contributed by atoms with E-state index in [0.29, 0.717) is 11.1 Å². The SMILES string of the molecule is O=C(CN1C(=O)NC(c2ccccc2)C1=O)c1ccc(Br)cc1. The number of hydrogen-bond acceptors (Lipinski definition) is 3. The molecule has 0 spiro atoms. The molecule has 0 radical (unpaired) electrons. The number of amides is 3. The maximum atomic E-state index is 12.4. The zero-order valence-corrected chi connectivity index (χ0v) is 13.6. The quantitative estimate of drug-likeness (QED) is 0.662. The van der Waals surface area contributed by atoms with Crippen molar-refractivity contribution in [1.82, 2.24) is 10.2 Å². The van der Waals surface area contributed by atoms with Gasteiger partial charge in [0.25, 0.3) is 5.91 Å². The van der Waals surface area contributed by atoms with Crippen LogP contribution in [-0.4, -0.2) is 29.2 Å². The Balaban J connectivity index is 1.76. The van der Waals surface area contributed by atoms with Gasteiger partial charge in [-0.2, -0.15) is 0 Å². The number of rotatable bonds is 4. The van der Waals surface area contributed by atoms with Crippen LogP contribution in [0.1, 0.15) is 22.0 Å². The summed E-state index contributed by atoms with van der Waals surface area (Å²) in [5.74, 6) is -0.693. The molecule has 0 bridgehead atoms. The second-order valence-corrected chi connectivity index (χ2v) is 6.06. The van der Waals surface area contributed by atoms with Crippen LogP contribution in [0, 0.1) is 0 Å². The van der Waals surface area contributed by atoms with E-state index in [2.05, 4.69) is 21.2 Å². The van der Waals surface area contributed by atoms with Crippen LogP contribution in [0.25, 0.3) is 0 Å². The molecule has 5 nitrogen and oxygen atoms in total. The summed E-state index contributed by atoms with van der Waals surface area (Å²) in [6.07, 6.45) is 0. The number of carbonyl (C=O) groups excluding carboxylic acids is 3. The van der Waals surface area contributed by atoms with Crippen LogP contribution in [0.2, 0.25) is 0 Å². The summed E-state index contributed by atoms with van der Waals surface area (Å²) < 4.78 is 0.855. The Morgan fingerprint density at radius 3 is 2.35 bits per heavy atom. The van der Waals surface area contributed by atoms with Crippen molar-refractivity contribution in [3.8, 4) is 0 Å². The van der Waals surface area contributed by atoms with E-state index in [0.717, 1.165) is 9.37 Å². The van der Waals surface area contributed by atoms with Gasteiger partial charge in [-0.3, -0.25) is 14.5 Å². The molecule has 1 saturated heterocycles. The molecule has 1 N–H and O–H groups in total. The molecule has 6 heteroatoms. The highest BCUT2D eigenvalue weighted by atomic mass is 79.9. The Morgan fingerprint density at radius 1 is 1.04 bits per heavy atom. The number of urea groups is 1. The zero-order valence-electron chi connectivity index (χ0n) is 12.0. The molecule has 23 heavy (non-hydrogen) atoms. The maximum Gasteiger partial charge on any atom is 0.325 e. The van der Waals surface area contributed by atoms with E-state index >= 15 is 0 Å². The number of hydrogen-bond donors (Lipinski definition) is 1. The Hall–Kier alpha value is -2.47. The van der Waals surface area contributed by atoms with Gasteiger partial charge < -0.3 is 5.32 Å². The van der Waals surface area contributed by atoms with Crippen molar-refractivity contribution in [2.45, 2.75) is 6.04 Å². The number of nitrogens with zero attached hydrogens (tertiary/aromatic N) is 1. The van der Waals surface area contributed by atoms with Crippen LogP contribution in [-0.2, 0) is 4.79 Å². The van der Waals surface area contributed by atoms with E-state index in [9.17, 15) is 14.4 Å². The third-order valence-corrected chi connectivity index (χ3v) is 4.16. The minimum absolute atomic E-state index is 0.268. The summed E-state index contributed by atoms with van der Waals surface area (Å²) in [4.78, 5) is 37.7. The van der Waals surface area contributed by atoms with Crippen molar-refractivity contribution < 1.29 is 14.4 Å². The van der Waals surface area contributed by atoms with E-state index in [-0.39, 0.29) is 12.3 Å². The molecule has 1 heterocycles. The van der Waals surface area contributed by atoms with Crippen molar-refractivity contribution in [2.24, 2.45) is 0 Å². The topological polar surface area (TPSA) is 66.5 Å². The molecule has 1 fully saturated rings. The van der Waals surface area contributed by atoms with E-state index in [1.165, 1.54) is 0 Å². The molecule has 3 amide bonds. The van der Waals surface area contributed by atoms with Gasteiger partial charge in [0.2, 0.25) is 0 Å². The molecule has 116 valence electrons. The third kappa shape index (κ3) is 3.17. The molecular formula is C17H13BrN2O3. The van der Waals surface area contributed by atoms with Gasteiger partial charge in [-0.25, -0.2) is 4.79 Å². The first-order valence-corrected chi connectivity index (χ1v) is 7.81. The monoisotopic (exact) mass is 372 g/mol. The fourth-order valence-corrected chi connectivity index (χ4v) is 2.68. The second-order valence-electron chi connectivity index (χ2n) is 5.15. The van der Waals surface area contributed by atoms with E-state index in [4.69, 9.17) is 0 Å². The molecule has 1 unspecified atom stereocenters. The van der Waals surface area contributed by atoms with Gasteiger partial charge >= 0.3 is 6.03 Å². The zero-order chi connectivity index (χ0) is 16.4. The molecule has 0 aliphatic carbocycles. The van der Waals surface area contributed by atoms with Crippen LogP contribution in [0.3, 0.4) is 0 Å². The number of carbonyl (C=O) groups is 3. The molecule has 1 atom stereocenters. The highest BCUT2D eigenvalue weighted by Crippen LogP contribution is 2.22. The Labute approximate surface area is 141 Å². The minimum Gasteiger partial charge on any atom is -0.322 e. The van der Waals surface area contributed by atoms with Gasteiger partial charge in [0.15, 0.2) is 5.78 Å². The van der Waals surface area contributed by atoms with Crippen molar-refractivity contribution in [3.05, 3.63) is 70.2 Å². The highest BCUT2D eigenvalue weighted by Gasteiger charge is 2.39. The first kappa shape index (κ1) is 15.4. The highest BCUT2D eigenvalue weighted by molar-refractivity contribution is 9.10. The van der Waals surface area contributed by atoms with E-state index in [1.807, 2.05) is 6.07 Å². The summed E-state index contributed by atoms with van der Waals surface area (Å²) in [5, 5.41) is 2.61. The standard InChI is InChI=1S/C17H13BrN2O3/c18-13-8-6-11(7-9-13)14(21)10-20-16(22)15(19-17(20)23)12-4-2-1-3-5-12/h1-9,15H,10H2,(H,19,23). The minimum atomic E-state index is -0.735. The first-order valence-electron chi connectivity index (χ1n) is 7.02. The average Bonchev–Trinajstić information content (AvgIpc) is 2.84. The van der Waals surface area contributed by atoms with Gasteiger partial charge in [0.1, 0.15) is 6.04 Å². The number of imide groups is 1. The normalized spacial score (nSPS) is 17.3. The fraction of sp³-hybridized carbons (Fsp3) is 0.118. The molecular weight excluding hydrogens is 360 g/mol. The lowest BCUT2D eigenvalue weighted by molar-refractivity contribution is -0.127. The summed E-state index contributed by atoms with van der Waals surface area (Å²) in [6, 6.07) is 14.5. The number of halogens is 1. The number of Topliss-reactive ketones (excluding diaryl/α,β-unsaturated/α-hetero) is 1. The summed E-state index contributed by atoms with van der Waals surface area (Å²) in [6.45, 7) is -0.268. The fourth-order valence-electron chi connectivity index (χ4n) is 2.41. The van der Waals surface area contributed by atoms with Crippen molar-refractivity contribution in [3.63, 3.8) is 0 Å². The summed E-state index contributed by atoms with van der Waals surface area (Å²) >= 11 is 3.30. The number of benzene rings is 2. The van der Waals surface area contributed by atoms with Gasteiger partial charge in [0, 0.05) is 10.0 Å². The Bertz CT molecular complexity index is 759. The average molecular weight is 373 g/mol. The maximum absolute atomic E-state index is 12.4. The van der Waals surface area contributed by atoms with Crippen molar-refractivity contribution in [1.29, 1.82) is 0 Å². The van der Waals surface area contributed by atoms with Gasteiger partial charge in [0.05, 0.1) is 6.54 Å². The van der Waals surface area contributed by atoms with Crippen LogP contribution in [0.15, 0.2) is 59.1 Å². The molecule has 1 aliphatic rings. The predicted molar refractivity (Wildman–Crippen MR) is 87.9 cm³/mol.